The number of benzene rings is 3. The van der Waals surface area contributed by atoms with E-state index in [2.05, 4.69) is 15.9 Å². The van der Waals surface area contributed by atoms with E-state index in [1.165, 1.54) is 12.1 Å². The molecule has 3 rings (SSSR count). The number of fused-ring (bicyclic) bond motifs is 1. The standard InChI is InChI=1S/C17H11BrClFO/c18-14-9-11(7-10-5-6-16(21)15(20)8-10)17(19)13-4-2-1-3-12(13)14/h1-6,8-9,21H,7H2. The minimum atomic E-state index is -0.622. The average Bonchev–Trinajstić information content (AvgIpc) is 2.48. The van der Waals surface area contributed by atoms with Crippen molar-refractivity contribution in [1.29, 1.82) is 0 Å². The number of phenols is 1. The highest BCUT2D eigenvalue weighted by Gasteiger charge is 2.10. The summed E-state index contributed by atoms with van der Waals surface area (Å²) in [7, 11) is 0. The second kappa shape index (κ2) is 5.66. The van der Waals surface area contributed by atoms with E-state index in [0.717, 1.165) is 26.4 Å². The molecule has 0 aliphatic carbocycles. The van der Waals surface area contributed by atoms with Gasteiger partial charge in [-0.25, -0.2) is 4.39 Å². The van der Waals surface area contributed by atoms with E-state index >= 15 is 0 Å². The molecule has 0 atom stereocenters. The number of rotatable bonds is 2. The third-order valence-corrected chi connectivity index (χ3v) is 4.51. The topological polar surface area (TPSA) is 20.2 Å². The highest BCUT2D eigenvalue weighted by Crippen LogP contribution is 2.34. The normalized spacial score (nSPS) is 11.0. The molecule has 0 spiro atoms. The maximum atomic E-state index is 13.4. The molecule has 1 N–H and O–H groups in total. The Hall–Kier alpha value is -1.58. The van der Waals surface area contributed by atoms with Crippen LogP contribution in [0.2, 0.25) is 5.02 Å². The SMILES string of the molecule is Oc1ccc(Cc2cc(Br)c3ccccc3c2Cl)cc1F. The van der Waals surface area contributed by atoms with Gasteiger partial charge in [-0.15, -0.1) is 0 Å². The lowest BCUT2D eigenvalue weighted by Gasteiger charge is -2.10. The summed E-state index contributed by atoms with van der Waals surface area (Å²) in [6, 6.07) is 14.2. The molecule has 0 saturated carbocycles. The largest absolute Gasteiger partial charge is 0.505 e. The molecule has 0 aliphatic rings. The van der Waals surface area contributed by atoms with Gasteiger partial charge >= 0.3 is 0 Å². The van der Waals surface area contributed by atoms with Gasteiger partial charge in [-0.3, -0.25) is 0 Å². The molecule has 3 aromatic carbocycles. The molecule has 0 heterocycles. The highest BCUT2D eigenvalue weighted by molar-refractivity contribution is 9.10. The number of hydrogen-bond acceptors (Lipinski definition) is 1. The summed E-state index contributed by atoms with van der Waals surface area (Å²) in [5, 5.41) is 11.9. The van der Waals surface area contributed by atoms with E-state index in [1.807, 2.05) is 30.3 Å². The Morgan fingerprint density at radius 3 is 2.48 bits per heavy atom. The third kappa shape index (κ3) is 2.76. The predicted octanol–water partition coefficient (Wildman–Crippen LogP) is 5.69. The van der Waals surface area contributed by atoms with E-state index in [1.54, 1.807) is 6.07 Å². The Kier molecular flexibility index (Phi) is 3.87. The Bertz CT molecular complexity index is 832. The maximum absolute atomic E-state index is 13.4. The van der Waals surface area contributed by atoms with Crippen LogP contribution in [0.25, 0.3) is 10.8 Å². The number of halogens is 3. The lowest BCUT2D eigenvalue weighted by Crippen LogP contribution is -1.92. The van der Waals surface area contributed by atoms with Gasteiger partial charge < -0.3 is 5.11 Å². The summed E-state index contributed by atoms with van der Waals surface area (Å²) in [4.78, 5) is 0. The van der Waals surface area contributed by atoms with E-state index in [9.17, 15) is 9.50 Å². The van der Waals surface area contributed by atoms with Crippen molar-refractivity contribution in [3.63, 3.8) is 0 Å². The molecule has 0 aliphatic heterocycles. The van der Waals surface area contributed by atoms with Crippen molar-refractivity contribution in [3.05, 3.63) is 75.0 Å². The molecule has 0 radical (unpaired) electrons. The van der Waals surface area contributed by atoms with Gasteiger partial charge in [-0.05, 0) is 41.1 Å². The monoisotopic (exact) mass is 364 g/mol. The number of phenolic OH excluding ortho intramolecular Hbond substituents is 1. The van der Waals surface area contributed by atoms with Gasteiger partial charge in [0.1, 0.15) is 0 Å². The molecular formula is C17H11BrClFO. The second-order valence-corrected chi connectivity index (χ2v) is 6.07. The van der Waals surface area contributed by atoms with Crippen LogP contribution in [0.1, 0.15) is 11.1 Å². The average molecular weight is 366 g/mol. The third-order valence-electron chi connectivity index (χ3n) is 3.41. The first-order valence-corrected chi connectivity index (χ1v) is 7.56. The van der Waals surface area contributed by atoms with Gasteiger partial charge in [0, 0.05) is 9.86 Å². The number of hydrogen-bond donors (Lipinski definition) is 1. The molecule has 0 bridgehead atoms. The van der Waals surface area contributed by atoms with E-state index in [-0.39, 0.29) is 5.75 Å². The predicted molar refractivity (Wildman–Crippen MR) is 87.5 cm³/mol. The molecular weight excluding hydrogens is 355 g/mol. The first-order valence-electron chi connectivity index (χ1n) is 6.39. The Balaban J connectivity index is 2.08. The Morgan fingerprint density at radius 2 is 1.76 bits per heavy atom. The Morgan fingerprint density at radius 1 is 1.05 bits per heavy atom. The lowest BCUT2D eigenvalue weighted by molar-refractivity contribution is 0.432. The maximum Gasteiger partial charge on any atom is 0.165 e. The van der Waals surface area contributed by atoms with E-state index < -0.39 is 5.82 Å². The molecule has 0 saturated heterocycles. The zero-order chi connectivity index (χ0) is 15.0. The first-order chi connectivity index (χ1) is 10.1. The zero-order valence-corrected chi connectivity index (χ0v) is 13.2. The van der Waals surface area contributed by atoms with Crippen LogP contribution in [0, 0.1) is 5.82 Å². The van der Waals surface area contributed by atoms with Crippen LogP contribution in [0.15, 0.2) is 53.0 Å². The molecule has 106 valence electrons. The summed E-state index contributed by atoms with van der Waals surface area (Å²) < 4.78 is 14.4. The van der Waals surface area contributed by atoms with Crippen molar-refractivity contribution in [3.8, 4) is 5.75 Å². The van der Waals surface area contributed by atoms with Gasteiger partial charge in [0.2, 0.25) is 0 Å². The highest BCUT2D eigenvalue weighted by atomic mass is 79.9. The smallest absolute Gasteiger partial charge is 0.165 e. The minimum absolute atomic E-state index is 0.343. The summed E-state index contributed by atoms with van der Waals surface area (Å²) in [5.74, 6) is -0.965. The summed E-state index contributed by atoms with van der Waals surface area (Å²) in [6.07, 6.45) is 0.499. The summed E-state index contributed by atoms with van der Waals surface area (Å²) in [5.41, 5.74) is 1.67. The lowest BCUT2D eigenvalue weighted by atomic mass is 10.0. The Labute approximate surface area is 135 Å². The van der Waals surface area contributed by atoms with Crippen molar-refractivity contribution in [1.82, 2.24) is 0 Å². The van der Waals surface area contributed by atoms with Crippen molar-refractivity contribution in [2.24, 2.45) is 0 Å². The van der Waals surface area contributed by atoms with E-state index in [4.69, 9.17) is 11.6 Å². The van der Waals surface area contributed by atoms with Crippen molar-refractivity contribution in [2.75, 3.05) is 0 Å². The quantitative estimate of drug-likeness (QED) is 0.618. The molecule has 0 amide bonds. The van der Waals surface area contributed by atoms with E-state index in [0.29, 0.717) is 11.4 Å². The molecule has 4 heteroatoms. The second-order valence-electron chi connectivity index (χ2n) is 4.84. The van der Waals surface area contributed by atoms with Gasteiger partial charge in [0.15, 0.2) is 11.6 Å². The fourth-order valence-electron chi connectivity index (χ4n) is 2.36. The summed E-state index contributed by atoms with van der Waals surface area (Å²) in [6.45, 7) is 0. The van der Waals surface area contributed by atoms with Crippen LogP contribution in [0.5, 0.6) is 5.75 Å². The molecule has 0 fully saturated rings. The number of aromatic hydroxyl groups is 1. The van der Waals surface area contributed by atoms with Gasteiger partial charge in [-0.1, -0.05) is 57.9 Å². The molecule has 1 nitrogen and oxygen atoms in total. The molecule has 0 unspecified atom stereocenters. The van der Waals surface area contributed by atoms with Crippen molar-refractivity contribution >= 4 is 38.3 Å². The van der Waals surface area contributed by atoms with Crippen LogP contribution in [0.4, 0.5) is 4.39 Å². The summed E-state index contributed by atoms with van der Waals surface area (Å²) >= 11 is 10.0. The molecule has 0 aromatic heterocycles. The van der Waals surface area contributed by atoms with Crippen LogP contribution >= 0.6 is 27.5 Å². The van der Waals surface area contributed by atoms with Crippen molar-refractivity contribution < 1.29 is 9.50 Å². The van der Waals surface area contributed by atoms with Gasteiger partial charge in [-0.2, -0.15) is 0 Å². The van der Waals surface area contributed by atoms with Crippen molar-refractivity contribution in [2.45, 2.75) is 6.42 Å². The zero-order valence-electron chi connectivity index (χ0n) is 10.9. The van der Waals surface area contributed by atoms with Crippen LogP contribution in [-0.2, 0) is 6.42 Å². The van der Waals surface area contributed by atoms with Gasteiger partial charge in [0.25, 0.3) is 0 Å². The first kappa shape index (κ1) is 14.4. The van der Waals surface area contributed by atoms with Crippen LogP contribution in [-0.4, -0.2) is 5.11 Å². The fraction of sp³-hybridized carbons (Fsp3) is 0.0588. The fourth-order valence-corrected chi connectivity index (χ4v) is 3.27. The van der Waals surface area contributed by atoms with Crippen LogP contribution < -0.4 is 0 Å². The molecule has 3 aromatic rings. The van der Waals surface area contributed by atoms with Gasteiger partial charge in [0.05, 0.1) is 5.02 Å². The van der Waals surface area contributed by atoms with Crippen LogP contribution in [0.3, 0.4) is 0 Å². The minimum Gasteiger partial charge on any atom is -0.505 e. The molecule has 21 heavy (non-hydrogen) atoms.